The van der Waals surface area contributed by atoms with Crippen LogP contribution in [0, 0.1) is 0 Å². The van der Waals surface area contributed by atoms with Crippen molar-refractivity contribution in [3.8, 4) is 5.75 Å². The van der Waals surface area contributed by atoms with Gasteiger partial charge in [0, 0.05) is 6.07 Å². The van der Waals surface area contributed by atoms with Crippen LogP contribution in [0.15, 0.2) is 18.2 Å². The lowest BCUT2D eigenvalue weighted by Gasteiger charge is -2.07. The van der Waals surface area contributed by atoms with Crippen LogP contribution in [-0.4, -0.2) is 34.0 Å². The van der Waals surface area contributed by atoms with E-state index in [1.54, 1.807) is 18.2 Å². The van der Waals surface area contributed by atoms with Crippen LogP contribution in [0.5, 0.6) is 5.75 Å². The molecule has 1 rings (SSSR count). The van der Waals surface area contributed by atoms with Gasteiger partial charge in [0.15, 0.2) is 0 Å². The van der Waals surface area contributed by atoms with Gasteiger partial charge in [0.05, 0.1) is 29.0 Å². The van der Waals surface area contributed by atoms with Crippen molar-refractivity contribution >= 4 is 33.2 Å². The topological polar surface area (TPSA) is 78.6 Å². The van der Waals surface area contributed by atoms with Gasteiger partial charge in [-0.3, -0.25) is 0 Å². The molecule has 0 bridgehead atoms. The largest absolute Gasteiger partial charge is 0.491 e. The minimum absolute atomic E-state index is 0.0452. The summed E-state index contributed by atoms with van der Waals surface area (Å²) in [6, 6.07) is 4.90. The first-order valence-corrected chi connectivity index (χ1v) is 7.52. The zero-order valence-electron chi connectivity index (χ0n) is 9.43. The lowest BCUT2D eigenvalue weighted by atomic mass is 10.3. The third kappa shape index (κ3) is 6.42. The third-order valence-corrected chi connectivity index (χ3v) is 3.37. The second-order valence-corrected chi connectivity index (χ2v) is 5.95. The Morgan fingerprint density at radius 3 is 2.44 bits per heavy atom. The number of halogens is 2. The maximum Gasteiger partial charge on any atom is 0.211 e. The maximum absolute atomic E-state index is 10.6. The molecule has 0 aliphatic carbocycles. The Kier molecular flexibility index (Phi) is 6.17. The summed E-state index contributed by atoms with van der Waals surface area (Å²) in [5.41, 5.74) is 0. The molecule has 0 heterocycles. The number of rotatable bonds is 7. The van der Waals surface area contributed by atoms with Gasteiger partial charge < -0.3 is 9.47 Å². The maximum atomic E-state index is 10.6. The highest BCUT2D eigenvalue weighted by atomic mass is 35.5. The Bertz CT molecular complexity index is 493. The van der Waals surface area contributed by atoms with E-state index in [-0.39, 0.29) is 25.6 Å². The Balaban J connectivity index is 2.20. The number of sulfonamides is 1. The van der Waals surface area contributed by atoms with Crippen molar-refractivity contribution < 1.29 is 17.9 Å². The van der Waals surface area contributed by atoms with Gasteiger partial charge in [-0.2, -0.15) is 0 Å². The van der Waals surface area contributed by atoms with E-state index in [1.807, 2.05) is 0 Å². The zero-order valence-corrected chi connectivity index (χ0v) is 11.8. The summed E-state index contributed by atoms with van der Waals surface area (Å²) < 4.78 is 31.6. The summed E-state index contributed by atoms with van der Waals surface area (Å²) in [7, 11) is -3.47. The molecule has 0 saturated heterocycles. The predicted octanol–water partition coefficient (Wildman–Crippen LogP) is 1.68. The first-order chi connectivity index (χ1) is 8.38. The van der Waals surface area contributed by atoms with Gasteiger partial charge in [-0.15, -0.1) is 0 Å². The zero-order chi connectivity index (χ0) is 13.6. The molecule has 18 heavy (non-hydrogen) atoms. The molecule has 0 fully saturated rings. The molecule has 0 aliphatic rings. The molecule has 5 nitrogen and oxygen atoms in total. The number of benzene rings is 1. The number of hydrogen-bond donors (Lipinski definition) is 1. The summed E-state index contributed by atoms with van der Waals surface area (Å²) in [6.45, 7) is 0.585. The minimum atomic E-state index is -3.47. The SMILES string of the molecule is NS(=O)(=O)CCOCCOc1ccc(Cl)c(Cl)c1. The molecule has 0 aliphatic heterocycles. The molecule has 0 radical (unpaired) electrons. The van der Waals surface area contributed by atoms with E-state index in [9.17, 15) is 8.42 Å². The average molecular weight is 314 g/mol. The van der Waals surface area contributed by atoms with Gasteiger partial charge in [0.1, 0.15) is 12.4 Å². The van der Waals surface area contributed by atoms with Crippen LogP contribution in [0.3, 0.4) is 0 Å². The summed E-state index contributed by atoms with van der Waals surface area (Å²) in [4.78, 5) is 0. The van der Waals surface area contributed by atoms with Crippen molar-refractivity contribution in [2.75, 3.05) is 25.6 Å². The smallest absolute Gasteiger partial charge is 0.211 e. The van der Waals surface area contributed by atoms with E-state index in [4.69, 9.17) is 37.8 Å². The lowest BCUT2D eigenvalue weighted by Crippen LogP contribution is -2.21. The Morgan fingerprint density at radius 2 is 1.83 bits per heavy atom. The number of primary sulfonamides is 1. The first kappa shape index (κ1) is 15.5. The van der Waals surface area contributed by atoms with Crippen molar-refractivity contribution in [2.24, 2.45) is 5.14 Å². The van der Waals surface area contributed by atoms with E-state index in [1.165, 1.54) is 0 Å². The standard InChI is InChI=1S/C10H13Cl2NO4S/c11-9-2-1-8(7-10(9)12)17-4-3-16-5-6-18(13,14)15/h1-2,7H,3-6H2,(H2,13,14,15). The van der Waals surface area contributed by atoms with E-state index in [0.29, 0.717) is 15.8 Å². The van der Waals surface area contributed by atoms with Crippen molar-refractivity contribution in [2.45, 2.75) is 0 Å². The molecule has 1 aromatic carbocycles. The normalized spacial score (nSPS) is 11.5. The molecule has 0 amide bonds. The predicted molar refractivity (Wildman–Crippen MR) is 70.8 cm³/mol. The molecule has 0 spiro atoms. The van der Waals surface area contributed by atoms with E-state index < -0.39 is 10.0 Å². The molecule has 8 heteroatoms. The fraction of sp³-hybridized carbons (Fsp3) is 0.400. The van der Waals surface area contributed by atoms with Crippen molar-refractivity contribution in [3.63, 3.8) is 0 Å². The van der Waals surface area contributed by atoms with Crippen LogP contribution in [0.4, 0.5) is 0 Å². The second-order valence-electron chi connectivity index (χ2n) is 3.40. The van der Waals surface area contributed by atoms with Gasteiger partial charge in [-0.25, -0.2) is 13.6 Å². The Hall–Kier alpha value is -0.530. The average Bonchev–Trinajstić information content (AvgIpc) is 2.26. The minimum Gasteiger partial charge on any atom is -0.491 e. The van der Waals surface area contributed by atoms with Crippen LogP contribution < -0.4 is 9.88 Å². The van der Waals surface area contributed by atoms with Crippen molar-refractivity contribution in [1.29, 1.82) is 0 Å². The quantitative estimate of drug-likeness (QED) is 0.777. The second kappa shape index (κ2) is 7.16. The molecular weight excluding hydrogens is 301 g/mol. The lowest BCUT2D eigenvalue weighted by molar-refractivity contribution is 0.111. The van der Waals surface area contributed by atoms with Gasteiger partial charge in [0.25, 0.3) is 0 Å². The van der Waals surface area contributed by atoms with Gasteiger partial charge in [0.2, 0.25) is 10.0 Å². The first-order valence-electron chi connectivity index (χ1n) is 5.04. The molecular formula is C10H13Cl2NO4S. The van der Waals surface area contributed by atoms with E-state index >= 15 is 0 Å². The number of ether oxygens (including phenoxy) is 2. The molecule has 0 saturated carbocycles. The third-order valence-electron chi connectivity index (χ3n) is 1.90. The van der Waals surface area contributed by atoms with Crippen LogP contribution in [0.25, 0.3) is 0 Å². The summed E-state index contributed by atoms with van der Waals surface area (Å²) in [6.07, 6.45) is 0. The highest BCUT2D eigenvalue weighted by Crippen LogP contribution is 2.26. The van der Waals surface area contributed by atoms with Gasteiger partial charge in [-0.1, -0.05) is 23.2 Å². The van der Waals surface area contributed by atoms with E-state index in [2.05, 4.69) is 0 Å². The fourth-order valence-electron chi connectivity index (χ4n) is 1.06. The van der Waals surface area contributed by atoms with Gasteiger partial charge >= 0.3 is 0 Å². The van der Waals surface area contributed by atoms with E-state index in [0.717, 1.165) is 0 Å². The van der Waals surface area contributed by atoms with Crippen LogP contribution >= 0.6 is 23.2 Å². The molecule has 1 aromatic rings. The molecule has 2 N–H and O–H groups in total. The summed E-state index contributed by atoms with van der Waals surface area (Å²) >= 11 is 11.5. The van der Waals surface area contributed by atoms with Crippen LogP contribution in [0.1, 0.15) is 0 Å². The molecule has 0 atom stereocenters. The number of nitrogens with two attached hydrogens (primary N) is 1. The Morgan fingerprint density at radius 1 is 1.11 bits per heavy atom. The van der Waals surface area contributed by atoms with Crippen molar-refractivity contribution in [1.82, 2.24) is 0 Å². The van der Waals surface area contributed by atoms with Crippen molar-refractivity contribution in [3.05, 3.63) is 28.2 Å². The summed E-state index contributed by atoms with van der Waals surface area (Å²) in [5, 5.41) is 5.66. The molecule has 0 aromatic heterocycles. The van der Waals surface area contributed by atoms with Gasteiger partial charge in [-0.05, 0) is 12.1 Å². The van der Waals surface area contributed by atoms with Crippen LogP contribution in [-0.2, 0) is 14.8 Å². The molecule has 102 valence electrons. The number of hydrogen-bond acceptors (Lipinski definition) is 4. The fourth-order valence-corrected chi connectivity index (χ4v) is 1.70. The van der Waals surface area contributed by atoms with Crippen LogP contribution in [0.2, 0.25) is 10.0 Å². The highest BCUT2D eigenvalue weighted by molar-refractivity contribution is 7.89. The molecule has 0 unspecified atom stereocenters. The highest BCUT2D eigenvalue weighted by Gasteiger charge is 2.02. The monoisotopic (exact) mass is 313 g/mol. The Labute approximate surface area is 116 Å². The summed E-state index contributed by atoms with van der Waals surface area (Å²) in [5.74, 6) is 0.360.